The molecule has 152 valence electrons. The van der Waals surface area contributed by atoms with Crippen molar-refractivity contribution in [1.29, 1.82) is 0 Å². The summed E-state index contributed by atoms with van der Waals surface area (Å²) in [5.41, 5.74) is 0.737. The topological polar surface area (TPSA) is 69.9 Å². The monoisotopic (exact) mass is 472 g/mol. The Morgan fingerprint density at radius 1 is 1.14 bits per heavy atom. The molecular formula is C19H15Cl3N2O4S. The number of methoxy groups -OCH3 is 1. The van der Waals surface area contributed by atoms with Gasteiger partial charge in [-0.3, -0.25) is 9.59 Å². The summed E-state index contributed by atoms with van der Waals surface area (Å²) in [7, 11) is 1.50. The normalized spacial score (nSPS) is 11.7. The Bertz CT molecular complexity index is 1170. The van der Waals surface area contributed by atoms with Crippen molar-refractivity contribution in [3.8, 4) is 5.75 Å². The van der Waals surface area contributed by atoms with Crippen molar-refractivity contribution in [1.82, 2.24) is 4.57 Å². The largest absolute Gasteiger partial charge is 0.495 e. The number of nitrogens with zero attached hydrogens (tertiary/aromatic N) is 2. The third-order valence-electron chi connectivity index (χ3n) is 3.91. The van der Waals surface area contributed by atoms with Crippen LogP contribution in [0.1, 0.15) is 17.3 Å². The van der Waals surface area contributed by atoms with Crippen LogP contribution in [0.2, 0.25) is 15.1 Å². The van der Waals surface area contributed by atoms with E-state index < -0.39 is 11.9 Å². The number of rotatable bonds is 5. The molecule has 0 atom stereocenters. The van der Waals surface area contributed by atoms with Crippen molar-refractivity contribution in [3.05, 3.63) is 55.8 Å². The van der Waals surface area contributed by atoms with E-state index in [1.165, 1.54) is 19.2 Å². The van der Waals surface area contributed by atoms with Crippen LogP contribution in [0.3, 0.4) is 0 Å². The molecule has 10 heteroatoms. The molecule has 0 aliphatic heterocycles. The van der Waals surface area contributed by atoms with Gasteiger partial charge in [-0.05, 0) is 37.3 Å². The summed E-state index contributed by atoms with van der Waals surface area (Å²) in [6.07, 6.45) is 0. The van der Waals surface area contributed by atoms with Crippen molar-refractivity contribution >= 4 is 68.2 Å². The zero-order valence-electron chi connectivity index (χ0n) is 15.4. The number of hydrogen-bond donors (Lipinski definition) is 0. The number of carbonyl (C=O) groups is 2. The van der Waals surface area contributed by atoms with Crippen LogP contribution < -0.4 is 9.54 Å². The van der Waals surface area contributed by atoms with Gasteiger partial charge in [0.05, 0.1) is 34.0 Å². The maximum Gasteiger partial charge on any atom is 0.326 e. The number of thiazole rings is 1. The molecule has 0 radical (unpaired) electrons. The van der Waals surface area contributed by atoms with Gasteiger partial charge in [-0.1, -0.05) is 46.1 Å². The quantitative estimate of drug-likeness (QED) is 0.490. The highest BCUT2D eigenvalue weighted by Gasteiger charge is 2.19. The predicted octanol–water partition coefficient (Wildman–Crippen LogP) is 4.98. The van der Waals surface area contributed by atoms with Crippen LogP contribution in [-0.2, 0) is 16.1 Å². The minimum atomic E-state index is -0.578. The van der Waals surface area contributed by atoms with Gasteiger partial charge >= 0.3 is 5.97 Å². The van der Waals surface area contributed by atoms with Crippen LogP contribution in [0.5, 0.6) is 5.75 Å². The van der Waals surface area contributed by atoms with Crippen LogP contribution in [0.15, 0.2) is 35.3 Å². The van der Waals surface area contributed by atoms with E-state index >= 15 is 0 Å². The Labute approximate surface area is 185 Å². The molecule has 1 heterocycles. The lowest BCUT2D eigenvalue weighted by molar-refractivity contribution is -0.143. The maximum absolute atomic E-state index is 12.7. The fourth-order valence-corrected chi connectivity index (χ4v) is 4.47. The lowest BCUT2D eigenvalue weighted by Crippen LogP contribution is -2.23. The fourth-order valence-electron chi connectivity index (χ4n) is 2.66. The standard InChI is InChI=1S/C19H15Cl3N2O4S/c1-3-28-15(25)9-24-16-14(27-2)7-6-12(21)17(16)29-19(24)23-18(26)11-5-4-10(20)8-13(11)22/h4-8H,3,9H2,1-2H3. The third kappa shape index (κ3) is 4.59. The molecule has 3 aromatic rings. The molecule has 1 amide bonds. The summed E-state index contributed by atoms with van der Waals surface area (Å²) in [5, 5.41) is 1.03. The summed E-state index contributed by atoms with van der Waals surface area (Å²) in [4.78, 5) is 29.3. The molecule has 0 N–H and O–H groups in total. The van der Waals surface area contributed by atoms with E-state index in [4.69, 9.17) is 44.3 Å². The van der Waals surface area contributed by atoms with E-state index in [0.29, 0.717) is 26.0 Å². The summed E-state index contributed by atoms with van der Waals surface area (Å²) in [6, 6.07) is 7.86. The first-order valence-electron chi connectivity index (χ1n) is 8.41. The zero-order chi connectivity index (χ0) is 21.1. The van der Waals surface area contributed by atoms with Gasteiger partial charge in [-0.2, -0.15) is 4.99 Å². The first-order chi connectivity index (χ1) is 13.8. The average Bonchev–Trinajstić information content (AvgIpc) is 3.01. The summed E-state index contributed by atoms with van der Waals surface area (Å²) in [6.45, 7) is 1.78. The molecule has 0 bridgehead atoms. The van der Waals surface area contributed by atoms with Crippen molar-refractivity contribution < 1.29 is 19.1 Å². The molecule has 2 aromatic carbocycles. The summed E-state index contributed by atoms with van der Waals surface area (Å²) >= 11 is 19.5. The number of esters is 1. The second-order valence-electron chi connectivity index (χ2n) is 5.74. The molecule has 0 saturated heterocycles. The fraction of sp³-hybridized carbons (Fsp3) is 0.211. The van der Waals surface area contributed by atoms with E-state index in [0.717, 1.165) is 11.3 Å². The third-order valence-corrected chi connectivity index (χ3v) is 6.00. The Morgan fingerprint density at radius 3 is 2.55 bits per heavy atom. The minimum Gasteiger partial charge on any atom is -0.495 e. The Kier molecular flexibility index (Phi) is 6.85. The van der Waals surface area contributed by atoms with Crippen molar-refractivity contribution in [2.75, 3.05) is 13.7 Å². The molecule has 6 nitrogen and oxygen atoms in total. The van der Waals surface area contributed by atoms with E-state index in [9.17, 15) is 9.59 Å². The van der Waals surface area contributed by atoms with Gasteiger partial charge in [-0.15, -0.1) is 0 Å². The van der Waals surface area contributed by atoms with Gasteiger partial charge in [0.25, 0.3) is 5.91 Å². The Morgan fingerprint density at radius 2 is 1.90 bits per heavy atom. The first kappa shape index (κ1) is 21.6. The molecular weight excluding hydrogens is 459 g/mol. The van der Waals surface area contributed by atoms with Gasteiger partial charge in [0.1, 0.15) is 17.8 Å². The van der Waals surface area contributed by atoms with Gasteiger partial charge < -0.3 is 14.0 Å². The molecule has 0 fully saturated rings. The van der Waals surface area contributed by atoms with Gasteiger partial charge in [0, 0.05) is 5.02 Å². The van der Waals surface area contributed by atoms with E-state index in [1.807, 2.05) is 0 Å². The molecule has 0 aliphatic carbocycles. The van der Waals surface area contributed by atoms with Gasteiger partial charge in [-0.25, -0.2) is 0 Å². The number of ether oxygens (including phenoxy) is 2. The number of fused-ring (bicyclic) bond motifs is 1. The van der Waals surface area contributed by atoms with Crippen LogP contribution in [0.4, 0.5) is 0 Å². The highest BCUT2D eigenvalue weighted by molar-refractivity contribution is 7.17. The summed E-state index contributed by atoms with van der Waals surface area (Å²) in [5.74, 6) is -0.568. The van der Waals surface area contributed by atoms with E-state index in [-0.39, 0.29) is 28.5 Å². The van der Waals surface area contributed by atoms with E-state index in [1.54, 1.807) is 29.7 Å². The van der Waals surface area contributed by atoms with E-state index in [2.05, 4.69) is 4.99 Å². The number of benzene rings is 2. The van der Waals surface area contributed by atoms with Gasteiger partial charge in [0.15, 0.2) is 4.80 Å². The summed E-state index contributed by atoms with van der Waals surface area (Å²) < 4.78 is 12.6. The maximum atomic E-state index is 12.7. The van der Waals surface area contributed by atoms with Crippen LogP contribution in [0, 0.1) is 0 Å². The molecule has 3 rings (SSSR count). The number of hydrogen-bond acceptors (Lipinski definition) is 5. The van der Waals surface area contributed by atoms with Crippen molar-refractivity contribution in [2.24, 2.45) is 4.99 Å². The number of halogens is 3. The minimum absolute atomic E-state index is 0.162. The second-order valence-corrected chi connectivity index (χ2v) is 7.97. The lowest BCUT2D eigenvalue weighted by Gasteiger charge is -2.08. The SMILES string of the molecule is CCOC(=O)Cn1c(=NC(=O)c2ccc(Cl)cc2Cl)sc2c(Cl)ccc(OC)c21. The Balaban J connectivity index is 2.22. The molecule has 29 heavy (non-hydrogen) atoms. The number of aromatic nitrogens is 1. The van der Waals surface area contributed by atoms with Crippen LogP contribution >= 0.6 is 46.1 Å². The highest BCUT2D eigenvalue weighted by atomic mass is 35.5. The molecule has 0 saturated carbocycles. The smallest absolute Gasteiger partial charge is 0.326 e. The molecule has 0 spiro atoms. The zero-order valence-corrected chi connectivity index (χ0v) is 18.5. The molecule has 0 aliphatic rings. The lowest BCUT2D eigenvalue weighted by atomic mass is 10.2. The predicted molar refractivity (Wildman–Crippen MR) is 114 cm³/mol. The van der Waals surface area contributed by atoms with Crippen LogP contribution in [-0.4, -0.2) is 30.2 Å². The van der Waals surface area contributed by atoms with Crippen molar-refractivity contribution in [2.45, 2.75) is 13.5 Å². The molecule has 1 aromatic heterocycles. The Hall–Kier alpha value is -2.06. The highest BCUT2D eigenvalue weighted by Crippen LogP contribution is 2.33. The molecule has 0 unspecified atom stereocenters. The van der Waals surface area contributed by atoms with Gasteiger partial charge in [0.2, 0.25) is 0 Å². The number of amides is 1. The number of carbonyl (C=O) groups excluding carboxylic acids is 2. The average molecular weight is 474 g/mol. The van der Waals surface area contributed by atoms with Crippen molar-refractivity contribution in [3.63, 3.8) is 0 Å². The first-order valence-corrected chi connectivity index (χ1v) is 10.4. The second kappa shape index (κ2) is 9.17. The van der Waals surface area contributed by atoms with Crippen LogP contribution in [0.25, 0.3) is 10.2 Å².